The van der Waals surface area contributed by atoms with Gasteiger partial charge in [0.05, 0.1) is 11.5 Å². The Morgan fingerprint density at radius 3 is 2.30 bits per heavy atom. The standard InChI is InChI=1S/C20H18F3NO3/c1-12-2-8-15(9-3-12)24-18(25)11-27-19(26)17-10-16(17)13-4-6-14(7-5-13)20(21,22)23/h2-9,16-17H,10-11H2,1H3,(H,24,25). The Hall–Kier alpha value is -2.83. The lowest BCUT2D eigenvalue weighted by Gasteiger charge is -2.08. The van der Waals surface area contributed by atoms with E-state index in [0.717, 1.165) is 17.7 Å². The molecule has 27 heavy (non-hydrogen) atoms. The van der Waals surface area contributed by atoms with Gasteiger partial charge in [-0.05, 0) is 49.1 Å². The molecule has 0 bridgehead atoms. The average Bonchev–Trinajstić information content (AvgIpc) is 3.42. The van der Waals surface area contributed by atoms with Crippen molar-refractivity contribution in [3.63, 3.8) is 0 Å². The fourth-order valence-corrected chi connectivity index (χ4v) is 2.82. The first-order valence-corrected chi connectivity index (χ1v) is 8.44. The number of rotatable bonds is 5. The quantitative estimate of drug-likeness (QED) is 0.791. The van der Waals surface area contributed by atoms with Crippen molar-refractivity contribution in [1.29, 1.82) is 0 Å². The number of hydrogen-bond acceptors (Lipinski definition) is 3. The van der Waals surface area contributed by atoms with Crippen LogP contribution in [0.5, 0.6) is 0 Å². The lowest BCUT2D eigenvalue weighted by Crippen LogP contribution is -2.21. The highest BCUT2D eigenvalue weighted by Gasteiger charge is 2.45. The lowest BCUT2D eigenvalue weighted by molar-refractivity contribution is -0.148. The highest BCUT2D eigenvalue weighted by atomic mass is 19.4. The Bertz CT molecular complexity index is 829. The topological polar surface area (TPSA) is 55.4 Å². The van der Waals surface area contributed by atoms with Crippen LogP contribution in [0.4, 0.5) is 18.9 Å². The predicted molar refractivity (Wildman–Crippen MR) is 93.1 cm³/mol. The van der Waals surface area contributed by atoms with E-state index in [1.165, 1.54) is 12.1 Å². The van der Waals surface area contributed by atoms with Gasteiger partial charge in [0, 0.05) is 5.69 Å². The van der Waals surface area contributed by atoms with Crippen LogP contribution in [0, 0.1) is 12.8 Å². The molecular weight excluding hydrogens is 359 g/mol. The SMILES string of the molecule is Cc1ccc(NC(=O)COC(=O)C2CC2c2ccc(C(F)(F)F)cc2)cc1. The van der Waals surface area contributed by atoms with E-state index in [1.54, 1.807) is 12.1 Å². The summed E-state index contributed by atoms with van der Waals surface area (Å²) < 4.78 is 42.8. The molecule has 0 aliphatic heterocycles. The number of aryl methyl sites for hydroxylation is 1. The molecule has 2 atom stereocenters. The van der Waals surface area contributed by atoms with Crippen LogP contribution >= 0.6 is 0 Å². The average molecular weight is 377 g/mol. The van der Waals surface area contributed by atoms with Crippen LogP contribution in [-0.4, -0.2) is 18.5 Å². The molecule has 1 amide bonds. The molecule has 142 valence electrons. The number of halogens is 3. The van der Waals surface area contributed by atoms with Crippen LogP contribution in [0.1, 0.15) is 29.0 Å². The predicted octanol–water partition coefficient (Wildman–Crippen LogP) is 4.30. The second-order valence-electron chi connectivity index (χ2n) is 6.59. The normalized spacial score (nSPS) is 18.7. The summed E-state index contributed by atoms with van der Waals surface area (Å²) >= 11 is 0. The molecule has 1 N–H and O–H groups in total. The maximum atomic E-state index is 12.6. The number of esters is 1. The molecule has 3 rings (SSSR count). The Kier molecular flexibility index (Phi) is 5.21. The van der Waals surface area contributed by atoms with Gasteiger partial charge in [-0.3, -0.25) is 9.59 Å². The van der Waals surface area contributed by atoms with E-state index < -0.39 is 36.1 Å². The van der Waals surface area contributed by atoms with Crippen molar-refractivity contribution in [2.75, 3.05) is 11.9 Å². The Labute approximate surface area is 154 Å². The number of carbonyl (C=O) groups is 2. The minimum absolute atomic E-state index is 0.167. The zero-order valence-electron chi connectivity index (χ0n) is 14.5. The molecular formula is C20H18F3NO3. The molecule has 1 aliphatic rings. The Morgan fingerprint density at radius 1 is 1.07 bits per heavy atom. The maximum absolute atomic E-state index is 12.6. The van der Waals surface area contributed by atoms with Crippen LogP contribution in [0.25, 0.3) is 0 Å². The first kappa shape index (κ1) is 18.9. The van der Waals surface area contributed by atoms with Gasteiger partial charge in [0.2, 0.25) is 0 Å². The minimum Gasteiger partial charge on any atom is -0.455 e. The number of hydrogen-bond donors (Lipinski definition) is 1. The molecule has 2 aromatic rings. The maximum Gasteiger partial charge on any atom is 0.416 e. The molecule has 0 aromatic heterocycles. The van der Waals surface area contributed by atoms with Crippen LogP contribution in [0.3, 0.4) is 0 Å². The van der Waals surface area contributed by atoms with Crippen molar-refractivity contribution in [3.05, 3.63) is 65.2 Å². The van der Waals surface area contributed by atoms with Gasteiger partial charge in [-0.1, -0.05) is 29.8 Å². The molecule has 2 unspecified atom stereocenters. The smallest absolute Gasteiger partial charge is 0.416 e. The van der Waals surface area contributed by atoms with Gasteiger partial charge < -0.3 is 10.1 Å². The van der Waals surface area contributed by atoms with Gasteiger partial charge in [0.1, 0.15) is 0 Å². The van der Waals surface area contributed by atoms with Gasteiger partial charge >= 0.3 is 12.1 Å². The van der Waals surface area contributed by atoms with E-state index in [9.17, 15) is 22.8 Å². The first-order valence-electron chi connectivity index (χ1n) is 8.44. The van der Waals surface area contributed by atoms with Crippen molar-refractivity contribution in [1.82, 2.24) is 0 Å². The zero-order valence-corrected chi connectivity index (χ0v) is 14.5. The summed E-state index contributed by atoms with van der Waals surface area (Å²) in [7, 11) is 0. The highest BCUT2D eigenvalue weighted by molar-refractivity contribution is 5.93. The van der Waals surface area contributed by atoms with Crippen molar-refractivity contribution in [2.45, 2.75) is 25.4 Å². The molecule has 0 spiro atoms. The number of alkyl halides is 3. The van der Waals surface area contributed by atoms with E-state index in [0.29, 0.717) is 17.7 Å². The zero-order chi connectivity index (χ0) is 19.6. The van der Waals surface area contributed by atoms with Crippen LogP contribution in [0.2, 0.25) is 0 Å². The molecule has 0 radical (unpaired) electrons. The summed E-state index contributed by atoms with van der Waals surface area (Å²) in [4.78, 5) is 23.9. The highest BCUT2D eigenvalue weighted by Crippen LogP contribution is 2.48. The van der Waals surface area contributed by atoms with Gasteiger partial charge in [0.25, 0.3) is 5.91 Å². The van der Waals surface area contributed by atoms with E-state index in [1.807, 2.05) is 19.1 Å². The van der Waals surface area contributed by atoms with Gasteiger partial charge in [-0.25, -0.2) is 0 Å². The molecule has 2 aromatic carbocycles. The summed E-state index contributed by atoms with van der Waals surface area (Å²) in [6.07, 6.45) is -3.88. The largest absolute Gasteiger partial charge is 0.455 e. The number of benzene rings is 2. The minimum atomic E-state index is -4.38. The van der Waals surface area contributed by atoms with Crippen LogP contribution in [0.15, 0.2) is 48.5 Å². The van der Waals surface area contributed by atoms with Gasteiger partial charge in [-0.2, -0.15) is 13.2 Å². The Morgan fingerprint density at radius 2 is 1.70 bits per heavy atom. The second kappa shape index (κ2) is 7.42. The number of nitrogens with one attached hydrogen (secondary N) is 1. The van der Waals surface area contributed by atoms with Gasteiger partial charge in [0.15, 0.2) is 6.61 Å². The first-order chi connectivity index (χ1) is 12.7. The summed E-state index contributed by atoms with van der Waals surface area (Å²) in [5.74, 6) is -1.55. The molecule has 1 saturated carbocycles. The molecule has 4 nitrogen and oxygen atoms in total. The third-order valence-electron chi connectivity index (χ3n) is 4.44. The fourth-order valence-electron chi connectivity index (χ4n) is 2.82. The summed E-state index contributed by atoms with van der Waals surface area (Å²) in [6.45, 7) is 1.53. The molecule has 1 fully saturated rings. The van der Waals surface area contributed by atoms with Crippen molar-refractivity contribution < 1.29 is 27.5 Å². The lowest BCUT2D eigenvalue weighted by atomic mass is 10.1. The Balaban J connectivity index is 1.47. The second-order valence-corrected chi connectivity index (χ2v) is 6.59. The van der Waals surface area contributed by atoms with E-state index in [4.69, 9.17) is 4.74 Å². The van der Waals surface area contributed by atoms with Crippen LogP contribution in [-0.2, 0) is 20.5 Å². The molecule has 0 heterocycles. The summed E-state index contributed by atoms with van der Waals surface area (Å²) in [6, 6.07) is 12.0. The van der Waals surface area contributed by atoms with Crippen molar-refractivity contribution in [3.8, 4) is 0 Å². The number of carbonyl (C=O) groups excluding carboxylic acids is 2. The number of anilines is 1. The third kappa shape index (κ3) is 4.87. The van der Waals surface area contributed by atoms with E-state index in [-0.39, 0.29) is 5.92 Å². The van der Waals surface area contributed by atoms with Crippen LogP contribution < -0.4 is 5.32 Å². The summed E-state index contributed by atoms with van der Waals surface area (Å²) in [5.41, 5.74) is 1.60. The molecule has 0 saturated heterocycles. The monoisotopic (exact) mass is 377 g/mol. The number of amides is 1. The van der Waals surface area contributed by atoms with Crippen molar-refractivity contribution >= 4 is 17.6 Å². The number of ether oxygens (including phenoxy) is 1. The van der Waals surface area contributed by atoms with E-state index in [2.05, 4.69) is 5.32 Å². The summed E-state index contributed by atoms with van der Waals surface area (Å²) in [5, 5.41) is 2.62. The third-order valence-corrected chi connectivity index (χ3v) is 4.44. The van der Waals surface area contributed by atoms with Gasteiger partial charge in [-0.15, -0.1) is 0 Å². The molecule has 7 heteroatoms. The van der Waals surface area contributed by atoms with Crippen molar-refractivity contribution in [2.24, 2.45) is 5.92 Å². The van der Waals surface area contributed by atoms with E-state index >= 15 is 0 Å². The molecule has 1 aliphatic carbocycles. The fraction of sp³-hybridized carbons (Fsp3) is 0.300.